The molecule has 0 radical (unpaired) electrons. The van der Waals surface area contributed by atoms with Crippen molar-refractivity contribution in [2.45, 2.75) is 78.6 Å². The van der Waals surface area contributed by atoms with E-state index < -0.39 is 0 Å². The van der Waals surface area contributed by atoms with Gasteiger partial charge in [0, 0.05) is 38.5 Å². The summed E-state index contributed by atoms with van der Waals surface area (Å²) in [6.07, 6.45) is 5.80. The lowest BCUT2D eigenvalue weighted by Gasteiger charge is -2.25. The second-order valence-corrected chi connectivity index (χ2v) is 20.6. The minimum Gasteiger partial charge on any atom is -0.507 e. The molecule has 0 saturated carbocycles. The first-order chi connectivity index (χ1) is 36.6. The molecule has 0 aliphatic heterocycles. The van der Waals surface area contributed by atoms with E-state index in [2.05, 4.69) is 203 Å². The largest absolute Gasteiger partial charge is 0.507 e. The number of hydrogen-bond donors (Lipinski definition) is 3. The maximum absolute atomic E-state index is 12.0. The highest BCUT2D eigenvalue weighted by Crippen LogP contribution is 2.38. The quantitative estimate of drug-likeness (QED) is 0.0803. The van der Waals surface area contributed by atoms with Crippen LogP contribution in [0.25, 0.3) is 0 Å². The molecule has 10 aromatic carbocycles. The monoisotopic (exact) mass is 979 g/mol. The summed E-state index contributed by atoms with van der Waals surface area (Å²) in [5.41, 5.74) is 23.6. The first kappa shape index (κ1) is 50.1. The third-order valence-corrected chi connectivity index (χ3v) is 15.3. The molecule has 10 aromatic rings. The second kappa shape index (κ2) is 23.2. The second-order valence-electron chi connectivity index (χ2n) is 20.6. The van der Waals surface area contributed by atoms with E-state index in [0.717, 1.165) is 83.5 Å². The summed E-state index contributed by atoms with van der Waals surface area (Å²) >= 11 is 0. The van der Waals surface area contributed by atoms with Crippen LogP contribution in [0, 0.1) is 20.8 Å². The van der Waals surface area contributed by atoms with E-state index in [0.29, 0.717) is 75.0 Å². The molecule has 0 unspecified atom stereocenters. The van der Waals surface area contributed by atoms with Crippen LogP contribution >= 0.6 is 0 Å². The van der Waals surface area contributed by atoms with Crippen molar-refractivity contribution < 1.29 is 15.3 Å². The van der Waals surface area contributed by atoms with Crippen molar-refractivity contribution in [3.8, 4) is 17.2 Å². The van der Waals surface area contributed by atoms with Crippen LogP contribution in [0.3, 0.4) is 0 Å². The topological polar surface area (TPSA) is 60.7 Å². The highest BCUT2D eigenvalue weighted by Gasteiger charge is 2.23. The Morgan fingerprint density at radius 2 is 0.373 bits per heavy atom. The molecule has 0 bridgehead atoms. The lowest BCUT2D eigenvalue weighted by molar-refractivity contribution is 0.463. The fraction of sp³-hybridized carbons (Fsp3) is 0.167. The number of benzene rings is 10. The molecular weight excluding hydrogens is 913 g/mol. The number of phenols is 3. The van der Waals surface area contributed by atoms with Crippen molar-refractivity contribution in [1.82, 2.24) is 0 Å². The molecule has 10 rings (SSSR count). The Kier molecular flexibility index (Phi) is 15.5. The van der Waals surface area contributed by atoms with Crippen LogP contribution in [0.15, 0.2) is 218 Å². The summed E-state index contributed by atoms with van der Waals surface area (Å²) in [5.74, 6) is 1.08. The Bertz CT molecular complexity index is 2950. The van der Waals surface area contributed by atoms with Crippen LogP contribution in [0.2, 0.25) is 0 Å². The molecule has 0 fully saturated rings. The smallest absolute Gasteiger partial charge is 0.122 e. The minimum absolute atomic E-state index is 0.361. The van der Waals surface area contributed by atoms with Crippen LogP contribution in [0.1, 0.15) is 117 Å². The molecule has 3 N–H and O–H groups in total. The van der Waals surface area contributed by atoms with Crippen molar-refractivity contribution in [3.63, 3.8) is 0 Å². The third-order valence-electron chi connectivity index (χ3n) is 15.3. The normalized spacial score (nSPS) is 11.2. The number of phenolic OH excluding ortho intramolecular Hbond substituents is 3. The lowest BCUT2D eigenvalue weighted by Crippen LogP contribution is -2.11. The fourth-order valence-corrected chi connectivity index (χ4v) is 11.3. The average molecular weight is 979 g/mol. The Hall–Kier alpha value is -8.40. The predicted octanol–water partition coefficient (Wildman–Crippen LogP) is 16.0. The van der Waals surface area contributed by atoms with Crippen LogP contribution in [0.5, 0.6) is 17.2 Å². The molecule has 0 amide bonds. The highest BCUT2D eigenvalue weighted by molar-refractivity contribution is 5.59. The number of hydrogen-bond acceptors (Lipinski definition) is 3. The molecule has 0 aliphatic rings. The molecule has 0 saturated heterocycles. The summed E-state index contributed by atoms with van der Waals surface area (Å²) in [7, 11) is 0. The Morgan fingerprint density at radius 1 is 0.213 bits per heavy atom. The molecule has 75 heavy (non-hydrogen) atoms. The molecular formula is C72H66O3. The first-order valence-corrected chi connectivity index (χ1v) is 26.5. The lowest BCUT2D eigenvalue weighted by atomic mass is 9.80. The third kappa shape index (κ3) is 12.2. The van der Waals surface area contributed by atoms with Gasteiger partial charge >= 0.3 is 0 Å². The van der Waals surface area contributed by atoms with E-state index in [1.807, 2.05) is 36.4 Å². The fourth-order valence-electron chi connectivity index (χ4n) is 11.3. The van der Waals surface area contributed by atoms with Crippen molar-refractivity contribution in [1.29, 1.82) is 0 Å². The maximum Gasteiger partial charge on any atom is 0.122 e. The van der Waals surface area contributed by atoms with Gasteiger partial charge in [-0.15, -0.1) is 0 Å². The van der Waals surface area contributed by atoms with E-state index in [-0.39, 0.29) is 0 Å². The molecule has 3 heteroatoms. The van der Waals surface area contributed by atoms with Gasteiger partial charge < -0.3 is 15.3 Å². The first-order valence-electron chi connectivity index (χ1n) is 26.5. The van der Waals surface area contributed by atoms with Gasteiger partial charge in [-0.05, 0) is 157 Å². The van der Waals surface area contributed by atoms with Crippen molar-refractivity contribution >= 4 is 0 Å². The summed E-state index contributed by atoms with van der Waals surface area (Å²) < 4.78 is 0. The van der Waals surface area contributed by atoms with E-state index >= 15 is 0 Å². The molecule has 0 aromatic heterocycles. The van der Waals surface area contributed by atoms with Gasteiger partial charge in [-0.1, -0.05) is 218 Å². The van der Waals surface area contributed by atoms with Gasteiger partial charge in [0.1, 0.15) is 17.2 Å². The average Bonchev–Trinajstić information content (AvgIpc) is 3.43. The van der Waals surface area contributed by atoms with Crippen LogP contribution in [-0.2, 0) is 57.8 Å². The van der Waals surface area contributed by atoms with Gasteiger partial charge in [0.25, 0.3) is 0 Å². The van der Waals surface area contributed by atoms with Crippen molar-refractivity contribution in [2.75, 3.05) is 0 Å². The molecule has 3 nitrogen and oxygen atoms in total. The van der Waals surface area contributed by atoms with Gasteiger partial charge in [-0.3, -0.25) is 0 Å². The van der Waals surface area contributed by atoms with Gasteiger partial charge in [-0.2, -0.15) is 0 Å². The van der Waals surface area contributed by atoms with Gasteiger partial charge in [-0.25, -0.2) is 0 Å². The summed E-state index contributed by atoms with van der Waals surface area (Å²) in [6, 6.07) is 76.0. The van der Waals surface area contributed by atoms with Crippen LogP contribution in [-0.4, -0.2) is 15.3 Å². The highest BCUT2D eigenvalue weighted by atomic mass is 16.3. The minimum atomic E-state index is 0.361. The number of aromatic hydroxyl groups is 3. The predicted molar refractivity (Wildman–Crippen MR) is 309 cm³/mol. The zero-order chi connectivity index (χ0) is 51.7. The molecule has 0 atom stereocenters. The maximum atomic E-state index is 12.0. The van der Waals surface area contributed by atoms with Gasteiger partial charge in [0.05, 0.1) is 0 Å². The van der Waals surface area contributed by atoms with E-state index in [1.54, 1.807) is 0 Å². The van der Waals surface area contributed by atoms with Crippen LogP contribution < -0.4 is 0 Å². The molecule has 0 heterocycles. The summed E-state index contributed by atoms with van der Waals surface area (Å²) in [6.45, 7) is 6.91. The van der Waals surface area contributed by atoms with Gasteiger partial charge in [0.2, 0.25) is 0 Å². The zero-order valence-corrected chi connectivity index (χ0v) is 43.5. The zero-order valence-electron chi connectivity index (χ0n) is 43.5. The summed E-state index contributed by atoms with van der Waals surface area (Å²) in [4.78, 5) is 0. The van der Waals surface area contributed by atoms with E-state index in [1.165, 1.54) is 33.4 Å². The standard InChI is InChI=1S/C72H66O3/c1-49-67(46-58-40-61(34-52-22-10-4-11-23-52)70(73)62(41-58)35-53-24-12-5-13-25-53)50(2)69(48-60-44-65(38-56-30-18-8-19-31-56)72(75)66(45-60)39-57-32-20-9-21-33-57)51(3)68(49)47-59-42-63(36-54-26-14-6-15-27-54)71(74)64(43-59)37-55-28-16-7-17-29-55/h4-33,40-45,73-75H,34-39,46-48H2,1-3H3. The molecule has 372 valence electrons. The van der Waals surface area contributed by atoms with E-state index in [4.69, 9.17) is 0 Å². The SMILES string of the molecule is Cc1c(Cc2cc(Cc3ccccc3)c(O)c(Cc3ccccc3)c2)c(C)c(Cc2cc(Cc3ccccc3)c(O)c(Cc3ccccc3)c2)c(C)c1Cc1cc(Cc2ccccc2)c(O)c(Cc2ccccc2)c1. The number of rotatable bonds is 18. The Morgan fingerprint density at radius 3 is 0.533 bits per heavy atom. The van der Waals surface area contributed by atoms with E-state index in [9.17, 15) is 15.3 Å². The van der Waals surface area contributed by atoms with Crippen LogP contribution in [0.4, 0.5) is 0 Å². The van der Waals surface area contributed by atoms with Gasteiger partial charge in [0.15, 0.2) is 0 Å². The molecule has 0 aliphatic carbocycles. The van der Waals surface area contributed by atoms with Crippen molar-refractivity contribution in [2.24, 2.45) is 0 Å². The Balaban J connectivity index is 1.12. The summed E-state index contributed by atoms with van der Waals surface area (Å²) in [5, 5.41) is 36.1. The molecule has 0 spiro atoms. The van der Waals surface area contributed by atoms with Crippen molar-refractivity contribution in [3.05, 3.63) is 335 Å². The Labute approximate surface area is 444 Å².